The molecule has 0 aliphatic rings. The van der Waals surface area contributed by atoms with Crippen LogP contribution in [0.4, 0.5) is 0 Å². The number of aromatic hydroxyl groups is 1. The van der Waals surface area contributed by atoms with E-state index in [0.29, 0.717) is 19.6 Å². The van der Waals surface area contributed by atoms with Gasteiger partial charge < -0.3 is 9.67 Å². The van der Waals surface area contributed by atoms with Gasteiger partial charge in [-0.2, -0.15) is 0 Å². The molecule has 0 aliphatic heterocycles. The molecular weight excluding hydrogens is 276 g/mol. The maximum atomic E-state index is 11.6. The van der Waals surface area contributed by atoms with Crippen LogP contribution in [0.2, 0.25) is 0 Å². The largest absolute Gasteiger partial charge is 0.503 e. The van der Waals surface area contributed by atoms with E-state index < -0.39 is 0 Å². The second-order valence-electron chi connectivity index (χ2n) is 5.46. The van der Waals surface area contributed by atoms with E-state index >= 15 is 0 Å². The van der Waals surface area contributed by atoms with Crippen LogP contribution in [-0.2, 0) is 20.1 Å². The first-order valence-corrected chi connectivity index (χ1v) is 7.09. The van der Waals surface area contributed by atoms with Gasteiger partial charge in [-0.3, -0.25) is 9.69 Å². The molecule has 0 saturated heterocycles. The second-order valence-corrected chi connectivity index (χ2v) is 5.46. The van der Waals surface area contributed by atoms with Gasteiger partial charge in [0.2, 0.25) is 5.43 Å². The zero-order valence-corrected chi connectivity index (χ0v) is 12.9. The third-order valence-corrected chi connectivity index (χ3v) is 3.55. The van der Waals surface area contributed by atoms with Crippen molar-refractivity contribution in [3.05, 3.63) is 63.6 Å². The maximum absolute atomic E-state index is 11.6. The van der Waals surface area contributed by atoms with Gasteiger partial charge in [-0.05, 0) is 12.5 Å². The maximum Gasteiger partial charge on any atom is 0.223 e. The third-order valence-electron chi connectivity index (χ3n) is 3.55. The minimum atomic E-state index is -0.371. The van der Waals surface area contributed by atoms with Crippen molar-refractivity contribution in [2.24, 2.45) is 7.05 Å². The van der Waals surface area contributed by atoms with Crippen LogP contribution >= 0.6 is 0 Å². The van der Waals surface area contributed by atoms with E-state index in [1.54, 1.807) is 11.6 Å². The van der Waals surface area contributed by atoms with Crippen LogP contribution in [-0.4, -0.2) is 21.1 Å². The molecule has 1 heterocycles. The predicted octanol–water partition coefficient (Wildman–Crippen LogP) is 2.03. The Bertz CT molecular complexity index is 739. The van der Waals surface area contributed by atoms with Gasteiger partial charge in [0.1, 0.15) is 0 Å². The Balaban J connectivity index is 2.18. The van der Waals surface area contributed by atoms with Gasteiger partial charge in [-0.25, -0.2) is 0 Å². The van der Waals surface area contributed by atoms with E-state index in [9.17, 15) is 9.90 Å². The van der Waals surface area contributed by atoms with Crippen molar-refractivity contribution in [3.8, 4) is 18.1 Å². The molecule has 0 aliphatic carbocycles. The molecule has 0 fully saturated rings. The highest BCUT2D eigenvalue weighted by Gasteiger charge is 2.10. The number of hydrogen-bond acceptors (Lipinski definition) is 3. The molecule has 0 amide bonds. The average molecular weight is 296 g/mol. The number of rotatable bonds is 5. The summed E-state index contributed by atoms with van der Waals surface area (Å²) < 4.78 is 1.75. The Morgan fingerprint density at radius 3 is 2.59 bits per heavy atom. The van der Waals surface area contributed by atoms with Crippen LogP contribution in [0, 0.1) is 19.3 Å². The molecule has 22 heavy (non-hydrogen) atoms. The molecule has 0 saturated carbocycles. The summed E-state index contributed by atoms with van der Waals surface area (Å²) in [5.41, 5.74) is 2.83. The number of nitrogens with zero attached hydrogens (tertiary/aromatic N) is 2. The van der Waals surface area contributed by atoms with Gasteiger partial charge in [0.15, 0.2) is 5.75 Å². The molecule has 1 aromatic heterocycles. The molecule has 0 radical (unpaired) electrons. The fraction of sp³-hybridized carbons (Fsp3) is 0.278. The van der Waals surface area contributed by atoms with E-state index in [2.05, 4.69) is 42.0 Å². The van der Waals surface area contributed by atoms with Crippen molar-refractivity contribution in [1.29, 1.82) is 0 Å². The molecule has 0 bridgehead atoms. The number of benzene rings is 1. The highest BCUT2D eigenvalue weighted by Crippen LogP contribution is 2.11. The Morgan fingerprint density at radius 1 is 1.27 bits per heavy atom. The van der Waals surface area contributed by atoms with E-state index in [1.165, 1.54) is 23.4 Å². The van der Waals surface area contributed by atoms with Crippen molar-refractivity contribution in [2.75, 3.05) is 6.54 Å². The summed E-state index contributed by atoms with van der Waals surface area (Å²) in [5.74, 6) is 2.41. The standard InChI is InChI=1S/C18H20N2O2/c1-4-9-20(11-15-7-5-14(2)6-8-15)12-16-10-17(21)18(22)13-19(16)3/h1,5-8,10,13,22H,9,11-12H2,2-3H3. The minimum absolute atomic E-state index is 0.242. The second kappa shape index (κ2) is 6.97. The smallest absolute Gasteiger partial charge is 0.223 e. The molecule has 0 unspecified atom stereocenters. The minimum Gasteiger partial charge on any atom is -0.503 e. The van der Waals surface area contributed by atoms with Gasteiger partial charge in [0, 0.05) is 38.1 Å². The van der Waals surface area contributed by atoms with Crippen LogP contribution in [0.25, 0.3) is 0 Å². The summed E-state index contributed by atoms with van der Waals surface area (Å²) in [6, 6.07) is 9.75. The van der Waals surface area contributed by atoms with Crippen molar-refractivity contribution >= 4 is 0 Å². The number of terminal acetylenes is 1. The molecule has 1 aromatic carbocycles. The number of hydrogen-bond donors (Lipinski definition) is 1. The average Bonchev–Trinajstić information content (AvgIpc) is 2.47. The van der Waals surface area contributed by atoms with Gasteiger partial charge in [0.25, 0.3) is 0 Å². The van der Waals surface area contributed by atoms with Crippen molar-refractivity contribution in [2.45, 2.75) is 20.0 Å². The highest BCUT2D eigenvalue weighted by atomic mass is 16.3. The van der Waals surface area contributed by atoms with E-state index in [1.807, 2.05) is 0 Å². The summed E-state index contributed by atoms with van der Waals surface area (Å²) >= 11 is 0. The van der Waals surface area contributed by atoms with Gasteiger partial charge in [-0.15, -0.1) is 6.42 Å². The zero-order valence-electron chi connectivity index (χ0n) is 12.9. The first-order chi connectivity index (χ1) is 10.5. The topological polar surface area (TPSA) is 45.5 Å². The number of aryl methyl sites for hydroxylation is 2. The molecule has 0 spiro atoms. The molecule has 1 N–H and O–H groups in total. The number of pyridine rings is 1. The van der Waals surface area contributed by atoms with Crippen molar-refractivity contribution in [1.82, 2.24) is 9.47 Å². The fourth-order valence-corrected chi connectivity index (χ4v) is 2.29. The van der Waals surface area contributed by atoms with Crippen LogP contribution in [0.5, 0.6) is 5.75 Å². The lowest BCUT2D eigenvalue weighted by atomic mass is 10.1. The SMILES string of the molecule is C#CCN(Cc1ccc(C)cc1)Cc1cc(=O)c(O)cn1C. The monoisotopic (exact) mass is 296 g/mol. The number of aromatic nitrogens is 1. The first-order valence-electron chi connectivity index (χ1n) is 7.09. The van der Waals surface area contributed by atoms with Crippen LogP contribution in [0.15, 0.2) is 41.3 Å². The zero-order chi connectivity index (χ0) is 16.1. The van der Waals surface area contributed by atoms with Gasteiger partial charge in [-0.1, -0.05) is 35.7 Å². The highest BCUT2D eigenvalue weighted by molar-refractivity contribution is 5.22. The third kappa shape index (κ3) is 4.00. The molecule has 2 rings (SSSR count). The normalized spacial score (nSPS) is 10.6. The Kier molecular flexibility index (Phi) is 5.03. The van der Waals surface area contributed by atoms with Gasteiger partial charge in [0.05, 0.1) is 6.54 Å². The molecule has 0 atom stereocenters. The summed E-state index contributed by atoms with van der Waals surface area (Å²) in [6.07, 6.45) is 6.88. The van der Waals surface area contributed by atoms with Crippen LogP contribution < -0.4 is 5.43 Å². The molecule has 4 nitrogen and oxygen atoms in total. The lowest BCUT2D eigenvalue weighted by molar-refractivity contribution is 0.282. The summed E-state index contributed by atoms with van der Waals surface area (Å²) in [6.45, 7) is 3.79. The van der Waals surface area contributed by atoms with Crippen LogP contribution in [0.1, 0.15) is 16.8 Å². The summed E-state index contributed by atoms with van der Waals surface area (Å²) in [7, 11) is 1.80. The Morgan fingerprint density at radius 2 is 1.95 bits per heavy atom. The van der Waals surface area contributed by atoms with E-state index in [4.69, 9.17) is 6.42 Å². The molecule has 2 aromatic rings. The summed E-state index contributed by atoms with van der Waals surface area (Å²) in [5, 5.41) is 9.44. The van der Waals surface area contributed by atoms with E-state index in [-0.39, 0.29) is 11.2 Å². The first kappa shape index (κ1) is 15.9. The molecule has 4 heteroatoms. The van der Waals surface area contributed by atoms with Gasteiger partial charge >= 0.3 is 0 Å². The van der Waals surface area contributed by atoms with Crippen LogP contribution in [0.3, 0.4) is 0 Å². The quantitative estimate of drug-likeness (QED) is 0.859. The van der Waals surface area contributed by atoms with E-state index in [0.717, 1.165) is 5.69 Å². The fourth-order valence-electron chi connectivity index (χ4n) is 2.29. The summed E-state index contributed by atoms with van der Waals surface area (Å²) in [4.78, 5) is 13.7. The lowest BCUT2D eigenvalue weighted by Gasteiger charge is -2.21. The van der Waals surface area contributed by atoms with Crippen molar-refractivity contribution in [3.63, 3.8) is 0 Å². The Labute approximate surface area is 130 Å². The van der Waals surface area contributed by atoms with Crippen molar-refractivity contribution < 1.29 is 5.11 Å². The Hall–Kier alpha value is -2.51. The predicted molar refractivity (Wildman–Crippen MR) is 87.5 cm³/mol. The molecule has 114 valence electrons. The lowest BCUT2D eigenvalue weighted by Crippen LogP contribution is -2.25. The molecular formula is C18H20N2O2.